The Bertz CT molecular complexity index is 405. The molecule has 0 aliphatic carbocycles. The van der Waals surface area contributed by atoms with E-state index in [1.54, 1.807) is 0 Å². The molecule has 2 bridgehead atoms. The first kappa shape index (κ1) is 12.2. The smallest absolute Gasteiger partial charge is 0.0469 e. The third kappa shape index (κ3) is 1.79. The van der Waals surface area contributed by atoms with Gasteiger partial charge in [0.1, 0.15) is 0 Å². The van der Waals surface area contributed by atoms with Gasteiger partial charge in [0.2, 0.25) is 0 Å². The van der Waals surface area contributed by atoms with Crippen LogP contribution in [0.15, 0.2) is 30.3 Å². The Morgan fingerprint density at radius 1 is 1.28 bits per heavy atom. The topological polar surface area (TPSA) is 32.3 Å². The lowest BCUT2D eigenvalue weighted by atomic mass is 9.69. The largest absolute Gasteiger partial charge is 0.396 e. The number of aliphatic hydroxyl groups is 1. The summed E-state index contributed by atoms with van der Waals surface area (Å²) in [6.07, 6.45) is 5.01. The molecule has 2 saturated heterocycles. The first-order valence-corrected chi connectivity index (χ1v) is 7.20. The van der Waals surface area contributed by atoms with E-state index in [0.29, 0.717) is 24.5 Å². The molecule has 2 aliphatic rings. The summed E-state index contributed by atoms with van der Waals surface area (Å²) in [5, 5.41) is 13.4. The summed E-state index contributed by atoms with van der Waals surface area (Å²) in [6, 6.07) is 11.5. The van der Waals surface area contributed by atoms with Crippen molar-refractivity contribution in [3.8, 4) is 0 Å². The Hall–Kier alpha value is -0.860. The Labute approximate surface area is 109 Å². The molecule has 2 nitrogen and oxygen atoms in total. The summed E-state index contributed by atoms with van der Waals surface area (Å²) >= 11 is 0. The predicted molar refractivity (Wildman–Crippen MR) is 73.3 cm³/mol. The van der Waals surface area contributed by atoms with Crippen LogP contribution < -0.4 is 5.32 Å². The van der Waals surface area contributed by atoms with Gasteiger partial charge < -0.3 is 10.4 Å². The summed E-state index contributed by atoms with van der Waals surface area (Å²) in [6.45, 7) is 2.49. The maximum Gasteiger partial charge on any atom is 0.0469 e. The number of hydrogen-bond donors (Lipinski definition) is 2. The lowest BCUT2D eigenvalue weighted by molar-refractivity contribution is 0.0814. The SMILES string of the molecule is CC(CO)C1CCC2CCC1(c1ccccc1)N2. The van der Waals surface area contributed by atoms with Crippen LogP contribution >= 0.6 is 0 Å². The second-order valence-corrected chi connectivity index (χ2v) is 6.06. The van der Waals surface area contributed by atoms with Gasteiger partial charge in [0.15, 0.2) is 0 Å². The summed E-state index contributed by atoms with van der Waals surface area (Å²) in [4.78, 5) is 0. The monoisotopic (exact) mass is 245 g/mol. The number of rotatable bonds is 3. The van der Waals surface area contributed by atoms with E-state index < -0.39 is 0 Å². The number of benzene rings is 1. The van der Waals surface area contributed by atoms with Crippen molar-refractivity contribution in [1.82, 2.24) is 5.32 Å². The molecule has 1 aromatic carbocycles. The zero-order chi connectivity index (χ0) is 12.6. The molecule has 1 aromatic rings. The normalized spacial score (nSPS) is 36.6. The van der Waals surface area contributed by atoms with Gasteiger partial charge in [-0.1, -0.05) is 37.3 Å². The molecule has 0 radical (unpaired) electrons. The van der Waals surface area contributed by atoms with Crippen molar-refractivity contribution < 1.29 is 5.11 Å². The molecule has 0 spiro atoms. The van der Waals surface area contributed by atoms with Crippen molar-refractivity contribution in [3.05, 3.63) is 35.9 Å². The zero-order valence-electron chi connectivity index (χ0n) is 11.1. The van der Waals surface area contributed by atoms with Gasteiger partial charge in [0, 0.05) is 18.2 Å². The molecule has 0 amide bonds. The minimum absolute atomic E-state index is 0.117. The van der Waals surface area contributed by atoms with Crippen LogP contribution in [-0.2, 0) is 5.54 Å². The van der Waals surface area contributed by atoms with Gasteiger partial charge in [-0.15, -0.1) is 0 Å². The van der Waals surface area contributed by atoms with Gasteiger partial charge in [-0.2, -0.15) is 0 Å². The molecule has 0 saturated carbocycles. The van der Waals surface area contributed by atoms with Crippen LogP contribution in [0, 0.1) is 11.8 Å². The van der Waals surface area contributed by atoms with E-state index in [-0.39, 0.29) is 5.54 Å². The van der Waals surface area contributed by atoms with Crippen molar-refractivity contribution in [2.45, 2.75) is 44.2 Å². The molecule has 0 aromatic heterocycles. The van der Waals surface area contributed by atoms with Crippen LogP contribution in [0.1, 0.15) is 38.2 Å². The third-order valence-electron chi connectivity index (χ3n) is 5.07. The lowest BCUT2D eigenvalue weighted by Crippen LogP contribution is -2.52. The van der Waals surface area contributed by atoms with Gasteiger partial charge >= 0.3 is 0 Å². The van der Waals surface area contributed by atoms with Crippen molar-refractivity contribution >= 4 is 0 Å². The molecule has 2 heterocycles. The molecular weight excluding hydrogens is 222 g/mol. The summed E-state index contributed by atoms with van der Waals surface area (Å²) in [5.74, 6) is 0.931. The molecule has 98 valence electrons. The average molecular weight is 245 g/mol. The van der Waals surface area contributed by atoms with Gasteiger partial charge in [-0.05, 0) is 43.1 Å². The zero-order valence-corrected chi connectivity index (χ0v) is 11.1. The highest BCUT2D eigenvalue weighted by molar-refractivity contribution is 5.29. The Morgan fingerprint density at radius 2 is 2.06 bits per heavy atom. The lowest BCUT2D eigenvalue weighted by Gasteiger charge is -2.45. The fourth-order valence-electron chi connectivity index (χ4n) is 4.12. The quantitative estimate of drug-likeness (QED) is 0.858. The maximum atomic E-state index is 9.55. The molecule has 3 rings (SSSR count). The maximum absolute atomic E-state index is 9.55. The highest BCUT2D eigenvalue weighted by Crippen LogP contribution is 2.49. The molecule has 2 heteroatoms. The van der Waals surface area contributed by atoms with Crippen molar-refractivity contribution in [2.24, 2.45) is 11.8 Å². The summed E-state index contributed by atoms with van der Waals surface area (Å²) in [7, 11) is 0. The highest BCUT2D eigenvalue weighted by atomic mass is 16.3. The standard InChI is InChI=1S/C16H23NO/c1-12(11-18)15-8-7-14-9-10-16(15,17-14)13-5-3-2-4-6-13/h2-6,12,14-15,17-18H,7-11H2,1H3. The molecule has 4 unspecified atom stereocenters. The number of piperidine rings is 1. The van der Waals surface area contributed by atoms with Crippen molar-refractivity contribution in [1.29, 1.82) is 0 Å². The molecular formula is C16H23NO. The van der Waals surface area contributed by atoms with Crippen molar-refractivity contribution in [2.75, 3.05) is 6.61 Å². The number of fused-ring (bicyclic) bond motifs is 2. The van der Waals surface area contributed by atoms with Crippen LogP contribution in [-0.4, -0.2) is 17.8 Å². The van der Waals surface area contributed by atoms with Crippen molar-refractivity contribution in [3.63, 3.8) is 0 Å². The number of hydrogen-bond acceptors (Lipinski definition) is 2. The van der Waals surface area contributed by atoms with Crippen LogP contribution in [0.5, 0.6) is 0 Å². The van der Waals surface area contributed by atoms with Gasteiger partial charge in [-0.25, -0.2) is 0 Å². The fraction of sp³-hybridized carbons (Fsp3) is 0.625. The summed E-state index contributed by atoms with van der Waals surface area (Å²) < 4.78 is 0. The minimum atomic E-state index is 0.117. The van der Waals surface area contributed by atoms with E-state index in [4.69, 9.17) is 0 Å². The molecule has 2 fully saturated rings. The Morgan fingerprint density at radius 3 is 2.78 bits per heavy atom. The highest BCUT2D eigenvalue weighted by Gasteiger charge is 2.50. The van der Waals surface area contributed by atoms with Crippen LogP contribution in [0.4, 0.5) is 0 Å². The van der Waals surface area contributed by atoms with E-state index in [9.17, 15) is 5.11 Å². The van der Waals surface area contributed by atoms with Crippen LogP contribution in [0.3, 0.4) is 0 Å². The second kappa shape index (κ2) is 4.67. The Balaban J connectivity index is 1.99. The van der Waals surface area contributed by atoms with E-state index in [1.807, 2.05) is 0 Å². The number of nitrogens with one attached hydrogen (secondary N) is 1. The average Bonchev–Trinajstić information content (AvgIpc) is 2.78. The predicted octanol–water partition coefficient (Wildman–Crippen LogP) is 2.67. The third-order valence-corrected chi connectivity index (χ3v) is 5.07. The minimum Gasteiger partial charge on any atom is -0.396 e. The van der Waals surface area contributed by atoms with Gasteiger partial charge in [0.25, 0.3) is 0 Å². The molecule has 4 atom stereocenters. The number of aliphatic hydroxyl groups excluding tert-OH is 1. The van der Waals surface area contributed by atoms with Gasteiger partial charge in [-0.3, -0.25) is 0 Å². The fourth-order valence-corrected chi connectivity index (χ4v) is 4.12. The van der Waals surface area contributed by atoms with Gasteiger partial charge in [0.05, 0.1) is 0 Å². The van der Waals surface area contributed by atoms with E-state index in [1.165, 1.54) is 31.2 Å². The van der Waals surface area contributed by atoms with Crippen LogP contribution in [0.2, 0.25) is 0 Å². The first-order chi connectivity index (χ1) is 8.76. The summed E-state index contributed by atoms with van der Waals surface area (Å²) in [5.41, 5.74) is 1.53. The van der Waals surface area contributed by atoms with E-state index in [0.717, 1.165) is 0 Å². The molecule has 2 N–H and O–H groups in total. The first-order valence-electron chi connectivity index (χ1n) is 7.20. The second-order valence-electron chi connectivity index (χ2n) is 6.06. The van der Waals surface area contributed by atoms with E-state index in [2.05, 4.69) is 42.6 Å². The Kier molecular flexibility index (Phi) is 3.16. The van der Waals surface area contributed by atoms with Crippen LogP contribution in [0.25, 0.3) is 0 Å². The van der Waals surface area contributed by atoms with E-state index >= 15 is 0 Å². The molecule has 2 aliphatic heterocycles. The molecule has 18 heavy (non-hydrogen) atoms.